The van der Waals surface area contributed by atoms with Crippen LogP contribution in [0.15, 0.2) is 24.3 Å². The van der Waals surface area contributed by atoms with E-state index in [4.69, 9.17) is 0 Å². The number of amides is 1. The lowest BCUT2D eigenvalue weighted by Gasteiger charge is -2.36. The standard InChI is InChI=1S/C16H21BrFNO/c1-11-7-12(2)10-19(9-11)16(20)14(17)8-13-5-3-4-6-15(13)18/h3-6,11-12,14H,7-10H2,1-2H3. The quantitative estimate of drug-likeness (QED) is 0.768. The Labute approximate surface area is 128 Å². The number of piperidine rings is 1. The van der Waals surface area contributed by atoms with Crippen molar-refractivity contribution in [3.63, 3.8) is 0 Å². The van der Waals surface area contributed by atoms with Crippen molar-refractivity contribution in [2.45, 2.75) is 31.5 Å². The van der Waals surface area contributed by atoms with Crippen molar-refractivity contribution in [2.24, 2.45) is 11.8 Å². The van der Waals surface area contributed by atoms with Gasteiger partial charge in [0.1, 0.15) is 5.82 Å². The predicted molar refractivity (Wildman–Crippen MR) is 82.3 cm³/mol. The van der Waals surface area contributed by atoms with Gasteiger partial charge in [0.15, 0.2) is 0 Å². The van der Waals surface area contributed by atoms with Gasteiger partial charge in [-0.15, -0.1) is 0 Å². The molecule has 4 heteroatoms. The molecule has 0 N–H and O–H groups in total. The van der Waals surface area contributed by atoms with Crippen LogP contribution in [0.4, 0.5) is 4.39 Å². The third kappa shape index (κ3) is 3.81. The Kier molecular flexibility index (Phi) is 5.19. The number of hydrogen-bond acceptors (Lipinski definition) is 1. The summed E-state index contributed by atoms with van der Waals surface area (Å²) in [4.78, 5) is 14.0. The van der Waals surface area contributed by atoms with Crippen LogP contribution >= 0.6 is 15.9 Å². The Morgan fingerprint density at radius 3 is 2.55 bits per heavy atom. The van der Waals surface area contributed by atoms with Gasteiger partial charge >= 0.3 is 0 Å². The highest BCUT2D eigenvalue weighted by atomic mass is 79.9. The van der Waals surface area contributed by atoms with Crippen LogP contribution in [-0.2, 0) is 11.2 Å². The van der Waals surface area contributed by atoms with Gasteiger partial charge in [0.2, 0.25) is 5.91 Å². The van der Waals surface area contributed by atoms with Crippen LogP contribution in [0.3, 0.4) is 0 Å². The predicted octanol–water partition coefficient (Wildman–Crippen LogP) is 3.64. The van der Waals surface area contributed by atoms with E-state index in [1.165, 1.54) is 12.5 Å². The summed E-state index contributed by atoms with van der Waals surface area (Å²) in [7, 11) is 0. The molecule has 1 aromatic carbocycles. The second-order valence-corrected chi connectivity index (χ2v) is 7.06. The van der Waals surface area contributed by atoms with Crippen molar-refractivity contribution in [2.75, 3.05) is 13.1 Å². The number of carbonyl (C=O) groups excluding carboxylic acids is 1. The molecular formula is C16H21BrFNO. The highest BCUT2D eigenvalue weighted by molar-refractivity contribution is 9.10. The molecule has 20 heavy (non-hydrogen) atoms. The number of carbonyl (C=O) groups is 1. The molecule has 1 saturated heterocycles. The van der Waals surface area contributed by atoms with Crippen LogP contribution < -0.4 is 0 Å². The van der Waals surface area contributed by atoms with Crippen LogP contribution in [0.2, 0.25) is 0 Å². The molecule has 0 spiro atoms. The molecule has 1 fully saturated rings. The molecule has 1 aliphatic rings. The van der Waals surface area contributed by atoms with E-state index in [2.05, 4.69) is 29.8 Å². The van der Waals surface area contributed by atoms with E-state index in [0.29, 0.717) is 23.8 Å². The fraction of sp³-hybridized carbons (Fsp3) is 0.562. The summed E-state index contributed by atoms with van der Waals surface area (Å²) in [6, 6.07) is 6.63. The second kappa shape index (κ2) is 6.70. The Bertz CT molecular complexity index is 469. The summed E-state index contributed by atoms with van der Waals surface area (Å²) in [5.41, 5.74) is 0.584. The molecule has 1 aromatic rings. The van der Waals surface area contributed by atoms with Gasteiger partial charge in [-0.1, -0.05) is 48.0 Å². The van der Waals surface area contributed by atoms with Gasteiger partial charge in [0, 0.05) is 13.1 Å². The highest BCUT2D eigenvalue weighted by Gasteiger charge is 2.29. The molecule has 1 amide bonds. The van der Waals surface area contributed by atoms with E-state index in [1.54, 1.807) is 18.2 Å². The molecule has 1 heterocycles. The number of halogens is 2. The normalized spacial score (nSPS) is 24.5. The zero-order valence-electron chi connectivity index (χ0n) is 12.0. The lowest BCUT2D eigenvalue weighted by molar-refractivity contribution is -0.133. The third-order valence-electron chi connectivity index (χ3n) is 3.81. The summed E-state index contributed by atoms with van der Waals surface area (Å²) in [6.07, 6.45) is 1.56. The maximum absolute atomic E-state index is 13.6. The van der Waals surface area contributed by atoms with Gasteiger partial charge in [0.25, 0.3) is 0 Å². The largest absolute Gasteiger partial charge is 0.341 e. The fourth-order valence-corrected chi connectivity index (χ4v) is 3.62. The third-order valence-corrected chi connectivity index (χ3v) is 4.52. The van der Waals surface area contributed by atoms with Gasteiger partial charge < -0.3 is 4.90 Å². The van der Waals surface area contributed by atoms with Gasteiger partial charge in [-0.3, -0.25) is 4.79 Å². The number of nitrogens with zero attached hydrogens (tertiary/aromatic N) is 1. The number of hydrogen-bond donors (Lipinski definition) is 0. The van der Waals surface area contributed by atoms with Crippen LogP contribution in [0.5, 0.6) is 0 Å². The van der Waals surface area contributed by atoms with Crippen molar-refractivity contribution in [1.82, 2.24) is 4.90 Å². The summed E-state index contributed by atoms with van der Waals surface area (Å²) in [5, 5.41) is 0. The minimum atomic E-state index is -0.350. The lowest BCUT2D eigenvalue weighted by atomic mass is 9.91. The van der Waals surface area contributed by atoms with Gasteiger partial charge in [-0.25, -0.2) is 4.39 Å². The first-order chi connectivity index (χ1) is 9.47. The Hall–Kier alpha value is -0.900. The van der Waals surface area contributed by atoms with Crippen molar-refractivity contribution >= 4 is 21.8 Å². The first kappa shape index (κ1) is 15.5. The molecule has 3 unspecified atom stereocenters. The first-order valence-electron chi connectivity index (χ1n) is 7.13. The van der Waals surface area contributed by atoms with E-state index in [9.17, 15) is 9.18 Å². The lowest BCUT2D eigenvalue weighted by Crippen LogP contribution is -2.46. The zero-order chi connectivity index (χ0) is 14.7. The molecule has 0 bridgehead atoms. The van der Waals surface area contributed by atoms with Gasteiger partial charge in [-0.05, 0) is 36.3 Å². The second-order valence-electron chi connectivity index (χ2n) is 5.95. The van der Waals surface area contributed by atoms with Crippen molar-refractivity contribution < 1.29 is 9.18 Å². The molecule has 0 radical (unpaired) electrons. The first-order valence-corrected chi connectivity index (χ1v) is 8.05. The monoisotopic (exact) mass is 341 g/mol. The van der Waals surface area contributed by atoms with Crippen LogP contribution in [0.1, 0.15) is 25.8 Å². The van der Waals surface area contributed by atoms with E-state index in [1.807, 2.05) is 4.90 Å². The fourth-order valence-electron chi connectivity index (χ4n) is 2.99. The Balaban J connectivity index is 2.00. The number of benzene rings is 1. The van der Waals surface area contributed by atoms with Crippen molar-refractivity contribution in [3.8, 4) is 0 Å². The smallest absolute Gasteiger partial charge is 0.236 e. The minimum absolute atomic E-state index is 0.0756. The molecular weight excluding hydrogens is 321 g/mol. The molecule has 0 aliphatic carbocycles. The number of rotatable bonds is 3. The summed E-state index contributed by atoms with van der Waals surface area (Å²) >= 11 is 3.43. The average Bonchev–Trinajstić information content (AvgIpc) is 2.39. The molecule has 1 aliphatic heterocycles. The van der Waals surface area contributed by atoms with E-state index >= 15 is 0 Å². The summed E-state index contributed by atoms with van der Waals surface area (Å²) in [5.74, 6) is 0.906. The summed E-state index contributed by atoms with van der Waals surface area (Å²) in [6.45, 7) is 5.97. The van der Waals surface area contributed by atoms with Crippen LogP contribution in [0, 0.1) is 17.7 Å². The van der Waals surface area contributed by atoms with E-state index in [-0.39, 0.29) is 16.6 Å². The van der Waals surface area contributed by atoms with E-state index < -0.39 is 0 Å². The molecule has 2 rings (SSSR count). The zero-order valence-corrected chi connectivity index (χ0v) is 13.6. The topological polar surface area (TPSA) is 20.3 Å². The Morgan fingerprint density at radius 1 is 1.35 bits per heavy atom. The van der Waals surface area contributed by atoms with Gasteiger partial charge in [-0.2, -0.15) is 0 Å². The molecule has 110 valence electrons. The van der Waals surface area contributed by atoms with Crippen LogP contribution in [-0.4, -0.2) is 28.7 Å². The molecule has 3 atom stereocenters. The molecule has 0 saturated carbocycles. The number of likely N-dealkylation sites (tertiary alicyclic amines) is 1. The highest BCUT2D eigenvalue weighted by Crippen LogP contribution is 2.23. The minimum Gasteiger partial charge on any atom is -0.341 e. The molecule has 0 aromatic heterocycles. The maximum Gasteiger partial charge on any atom is 0.236 e. The van der Waals surface area contributed by atoms with Gasteiger partial charge in [0.05, 0.1) is 4.83 Å². The van der Waals surface area contributed by atoms with Crippen LogP contribution in [0.25, 0.3) is 0 Å². The van der Waals surface area contributed by atoms with Crippen molar-refractivity contribution in [1.29, 1.82) is 0 Å². The molecule has 2 nitrogen and oxygen atoms in total. The van der Waals surface area contributed by atoms with E-state index in [0.717, 1.165) is 13.1 Å². The SMILES string of the molecule is CC1CC(C)CN(C(=O)C(Br)Cc2ccccc2F)C1. The average molecular weight is 342 g/mol. The van der Waals surface area contributed by atoms with Crippen molar-refractivity contribution in [3.05, 3.63) is 35.6 Å². The number of alkyl halides is 1. The Morgan fingerprint density at radius 2 is 1.95 bits per heavy atom. The summed E-state index contributed by atoms with van der Waals surface area (Å²) < 4.78 is 13.6. The maximum atomic E-state index is 13.6.